The van der Waals surface area contributed by atoms with Gasteiger partial charge in [0.15, 0.2) is 5.82 Å². The van der Waals surface area contributed by atoms with Crippen LogP contribution in [0.1, 0.15) is 17.8 Å². The average molecular weight is 255 g/mol. The zero-order valence-corrected chi connectivity index (χ0v) is 11.0. The molecule has 0 radical (unpaired) electrons. The summed E-state index contributed by atoms with van der Waals surface area (Å²) in [6.07, 6.45) is 0. The molecule has 2 heterocycles. The van der Waals surface area contributed by atoms with Gasteiger partial charge in [0, 0.05) is 26.2 Å². The first kappa shape index (κ1) is 13.4. The zero-order chi connectivity index (χ0) is 13.0. The molecule has 0 bridgehead atoms. The van der Waals surface area contributed by atoms with Crippen LogP contribution in [0.15, 0.2) is 4.52 Å². The molecule has 1 aromatic rings. The summed E-state index contributed by atoms with van der Waals surface area (Å²) < 4.78 is 10.4. The van der Waals surface area contributed by atoms with Crippen molar-refractivity contribution in [2.75, 3.05) is 46.9 Å². The number of ether oxygens (including phenoxy) is 1. The maximum Gasteiger partial charge on any atom is 0.252 e. The Morgan fingerprint density at radius 1 is 1.44 bits per heavy atom. The molecule has 2 rings (SSSR count). The van der Waals surface area contributed by atoms with Crippen LogP contribution < -0.4 is 5.73 Å². The topological polar surface area (TPSA) is 80.7 Å². The third kappa shape index (κ3) is 3.26. The molecule has 18 heavy (non-hydrogen) atoms. The largest absolute Gasteiger partial charge is 0.370 e. The van der Waals surface area contributed by atoms with E-state index in [2.05, 4.69) is 34.0 Å². The van der Waals surface area contributed by atoms with Crippen LogP contribution in [0.25, 0.3) is 0 Å². The number of likely N-dealkylation sites (N-methyl/N-ethyl adjacent to an activating group) is 2. The molecule has 7 heteroatoms. The van der Waals surface area contributed by atoms with Gasteiger partial charge < -0.3 is 19.9 Å². The monoisotopic (exact) mass is 255 g/mol. The molecule has 0 spiro atoms. The highest BCUT2D eigenvalue weighted by Gasteiger charge is 2.27. The summed E-state index contributed by atoms with van der Waals surface area (Å²) in [5.74, 6) is 1.25. The van der Waals surface area contributed by atoms with Crippen molar-refractivity contribution >= 4 is 0 Å². The van der Waals surface area contributed by atoms with Crippen molar-refractivity contribution in [3.05, 3.63) is 11.7 Å². The lowest BCUT2D eigenvalue weighted by atomic mass is 10.2. The maximum atomic E-state index is 5.34. The highest BCUT2D eigenvalue weighted by molar-refractivity contribution is 4.97. The minimum absolute atomic E-state index is 0.191. The van der Waals surface area contributed by atoms with Gasteiger partial charge in [-0.1, -0.05) is 5.16 Å². The van der Waals surface area contributed by atoms with Gasteiger partial charge in [-0.25, -0.2) is 0 Å². The molecule has 1 aliphatic heterocycles. The maximum absolute atomic E-state index is 5.34. The Morgan fingerprint density at radius 3 is 3.06 bits per heavy atom. The van der Waals surface area contributed by atoms with E-state index < -0.39 is 0 Å². The van der Waals surface area contributed by atoms with Gasteiger partial charge in [-0.05, 0) is 14.1 Å². The van der Waals surface area contributed by atoms with Gasteiger partial charge in [-0.3, -0.25) is 4.90 Å². The third-order valence-corrected chi connectivity index (χ3v) is 3.12. The average Bonchev–Trinajstić information content (AvgIpc) is 2.81. The smallest absolute Gasteiger partial charge is 0.252 e. The SMILES string of the molecule is CN1CCN(C)C(c2noc(COCCN)n2)C1. The van der Waals surface area contributed by atoms with E-state index in [1.165, 1.54) is 0 Å². The summed E-state index contributed by atoms with van der Waals surface area (Å²) >= 11 is 0. The van der Waals surface area contributed by atoms with Gasteiger partial charge in [-0.2, -0.15) is 4.98 Å². The molecule has 0 saturated carbocycles. The Hall–Kier alpha value is -1.02. The van der Waals surface area contributed by atoms with E-state index in [1.807, 2.05) is 0 Å². The number of piperazine rings is 1. The molecule has 1 fully saturated rings. The van der Waals surface area contributed by atoms with Crippen molar-refractivity contribution in [3.63, 3.8) is 0 Å². The first-order valence-electron chi connectivity index (χ1n) is 6.19. The lowest BCUT2D eigenvalue weighted by molar-refractivity contribution is 0.103. The Labute approximate surface area is 107 Å². The van der Waals surface area contributed by atoms with Gasteiger partial charge in [0.05, 0.1) is 12.6 Å². The Balaban J connectivity index is 1.95. The minimum Gasteiger partial charge on any atom is -0.370 e. The minimum atomic E-state index is 0.191. The molecule has 1 atom stereocenters. The van der Waals surface area contributed by atoms with Crippen molar-refractivity contribution in [2.45, 2.75) is 12.6 Å². The molecule has 0 amide bonds. The van der Waals surface area contributed by atoms with E-state index in [9.17, 15) is 0 Å². The molecule has 1 aliphatic rings. The third-order valence-electron chi connectivity index (χ3n) is 3.12. The number of hydrogen-bond acceptors (Lipinski definition) is 7. The highest BCUT2D eigenvalue weighted by Crippen LogP contribution is 2.20. The first-order chi connectivity index (χ1) is 8.70. The first-order valence-corrected chi connectivity index (χ1v) is 6.19. The summed E-state index contributed by atoms with van der Waals surface area (Å²) in [5, 5.41) is 4.04. The Morgan fingerprint density at radius 2 is 2.28 bits per heavy atom. The van der Waals surface area contributed by atoms with Gasteiger partial charge in [0.2, 0.25) is 0 Å². The van der Waals surface area contributed by atoms with Crippen molar-refractivity contribution in [1.29, 1.82) is 0 Å². The predicted molar refractivity (Wildman–Crippen MR) is 65.9 cm³/mol. The van der Waals surface area contributed by atoms with Crippen molar-refractivity contribution in [3.8, 4) is 0 Å². The standard InChI is InChI=1S/C11H21N5O2/c1-15-4-5-16(2)9(7-15)11-13-10(18-14-11)8-17-6-3-12/h9H,3-8,12H2,1-2H3. The summed E-state index contributed by atoms with van der Waals surface area (Å²) in [4.78, 5) is 8.89. The number of nitrogens with zero attached hydrogens (tertiary/aromatic N) is 4. The predicted octanol–water partition coefficient (Wildman–Crippen LogP) is -0.537. The number of aromatic nitrogens is 2. The molecule has 102 valence electrons. The van der Waals surface area contributed by atoms with Gasteiger partial charge in [-0.15, -0.1) is 0 Å². The van der Waals surface area contributed by atoms with Gasteiger partial charge in [0.1, 0.15) is 6.61 Å². The fourth-order valence-electron chi connectivity index (χ4n) is 1.99. The fraction of sp³-hybridized carbons (Fsp3) is 0.818. The van der Waals surface area contributed by atoms with E-state index in [0.717, 1.165) is 25.5 Å². The van der Waals surface area contributed by atoms with Gasteiger partial charge >= 0.3 is 0 Å². The van der Waals surface area contributed by atoms with E-state index in [0.29, 0.717) is 25.6 Å². The molecule has 0 aliphatic carbocycles. The van der Waals surface area contributed by atoms with Crippen LogP contribution in [0.4, 0.5) is 0 Å². The summed E-state index contributed by atoms with van der Waals surface area (Å²) in [6, 6.07) is 0.191. The lowest BCUT2D eigenvalue weighted by Crippen LogP contribution is -2.45. The van der Waals surface area contributed by atoms with Crippen LogP contribution in [0.2, 0.25) is 0 Å². The molecule has 1 aromatic heterocycles. The van der Waals surface area contributed by atoms with Crippen LogP contribution in [0.5, 0.6) is 0 Å². The fourth-order valence-corrected chi connectivity index (χ4v) is 1.99. The molecular formula is C11H21N5O2. The van der Waals surface area contributed by atoms with E-state index in [4.69, 9.17) is 15.0 Å². The summed E-state index contributed by atoms with van der Waals surface area (Å²) in [6.45, 7) is 4.32. The Bertz CT molecular complexity index is 370. The molecule has 2 N–H and O–H groups in total. The summed E-state index contributed by atoms with van der Waals surface area (Å²) in [5.41, 5.74) is 5.34. The number of hydrogen-bond donors (Lipinski definition) is 1. The number of nitrogens with two attached hydrogens (primary N) is 1. The molecule has 7 nitrogen and oxygen atoms in total. The lowest BCUT2D eigenvalue weighted by Gasteiger charge is -2.35. The van der Waals surface area contributed by atoms with E-state index >= 15 is 0 Å². The normalized spacial score (nSPS) is 22.5. The summed E-state index contributed by atoms with van der Waals surface area (Å²) in [7, 11) is 4.18. The highest BCUT2D eigenvalue weighted by atomic mass is 16.5. The molecule has 1 saturated heterocycles. The molecule has 0 aromatic carbocycles. The van der Waals surface area contributed by atoms with Crippen LogP contribution in [0, 0.1) is 0 Å². The van der Waals surface area contributed by atoms with Crippen LogP contribution >= 0.6 is 0 Å². The van der Waals surface area contributed by atoms with Crippen molar-refractivity contribution in [1.82, 2.24) is 19.9 Å². The quantitative estimate of drug-likeness (QED) is 0.708. The second-order valence-corrected chi connectivity index (χ2v) is 4.65. The van der Waals surface area contributed by atoms with Crippen molar-refractivity contribution in [2.24, 2.45) is 5.73 Å². The van der Waals surface area contributed by atoms with Crippen molar-refractivity contribution < 1.29 is 9.26 Å². The number of rotatable bonds is 5. The van der Waals surface area contributed by atoms with Crippen LogP contribution in [-0.2, 0) is 11.3 Å². The molecule has 1 unspecified atom stereocenters. The van der Waals surface area contributed by atoms with Crippen LogP contribution in [0.3, 0.4) is 0 Å². The van der Waals surface area contributed by atoms with Crippen LogP contribution in [-0.4, -0.2) is 66.8 Å². The van der Waals surface area contributed by atoms with Gasteiger partial charge in [0.25, 0.3) is 5.89 Å². The second-order valence-electron chi connectivity index (χ2n) is 4.65. The second kappa shape index (κ2) is 6.24. The Kier molecular flexibility index (Phi) is 4.65. The zero-order valence-electron chi connectivity index (χ0n) is 11.0. The van der Waals surface area contributed by atoms with E-state index in [-0.39, 0.29) is 6.04 Å². The molecular weight excluding hydrogens is 234 g/mol. The van der Waals surface area contributed by atoms with E-state index in [1.54, 1.807) is 0 Å².